The summed E-state index contributed by atoms with van der Waals surface area (Å²) in [6.07, 6.45) is 2.33. The van der Waals surface area contributed by atoms with Gasteiger partial charge in [0.05, 0.1) is 17.5 Å². The van der Waals surface area contributed by atoms with E-state index in [-0.39, 0.29) is 6.04 Å². The molecular formula is C18H21NO3S. The van der Waals surface area contributed by atoms with Gasteiger partial charge in [0.2, 0.25) is 0 Å². The first-order valence-electron chi connectivity index (χ1n) is 7.72. The summed E-state index contributed by atoms with van der Waals surface area (Å²) in [6, 6.07) is 11.5. The van der Waals surface area contributed by atoms with Gasteiger partial charge in [-0.15, -0.1) is 11.3 Å². The molecule has 0 bridgehead atoms. The Balaban J connectivity index is 2.03. The highest BCUT2D eigenvalue weighted by Crippen LogP contribution is 2.29. The van der Waals surface area contributed by atoms with E-state index in [4.69, 9.17) is 4.74 Å². The molecule has 0 radical (unpaired) electrons. The standard InChI is InChI=1S/C18H21NO3S/c1-3-4-10-22-18(21)19-13(2)14-6-5-7-15(11-14)17-9-8-16(12-20)23-17/h5-9,11-13H,3-4,10H2,1-2H3,(H,19,21). The van der Waals surface area contributed by atoms with Crippen LogP contribution in [0.4, 0.5) is 4.79 Å². The molecule has 0 saturated carbocycles. The molecular weight excluding hydrogens is 310 g/mol. The van der Waals surface area contributed by atoms with Crippen molar-refractivity contribution in [1.82, 2.24) is 5.32 Å². The quantitative estimate of drug-likeness (QED) is 0.585. The zero-order valence-corrected chi connectivity index (χ0v) is 14.2. The minimum Gasteiger partial charge on any atom is -0.450 e. The van der Waals surface area contributed by atoms with Crippen molar-refractivity contribution in [3.8, 4) is 10.4 Å². The fraction of sp³-hybridized carbons (Fsp3) is 0.333. The summed E-state index contributed by atoms with van der Waals surface area (Å²) < 4.78 is 5.12. The number of unbranched alkanes of at least 4 members (excludes halogenated alkanes) is 1. The highest BCUT2D eigenvalue weighted by atomic mass is 32.1. The molecule has 4 nitrogen and oxygen atoms in total. The van der Waals surface area contributed by atoms with Crippen LogP contribution in [-0.2, 0) is 4.74 Å². The van der Waals surface area contributed by atoms with Gasteiger partial charge in [0.15, 0.2) is 6.29 Å². The average molecular weight is 331 g/mol. The van der Waals surface area contributed by atoms with E-state index >= 15 is 0 Å². The van der Waals surface area contributed by atoms with Gasteiger partial charge in [-0.1, -0.05) is 31.5 Å². The molecule has 0 aliphatic rings. The highest BCUT2D eigenvalue weighted by Gasteiger charge is 2.11. The van der Waals surface area contributed by atoms with Gasteiger partial charge in [0.1, 0.15) is 0 Å². The Morgan fingerprint density at radius 2 is 2.17 bits per heavy atom. The van der Waals surface area contributed by atoms with Crippen molar-refractivity contribution in [2.45, 2.75) is 32.7 Å². The molecule has 0 aliphatic heterocycles. The molecule has 23 heavy (non-hydrogen) atoms. The van der Waals surface area contributed by atoms with Crippen molar-refractivity contribution < 1.29 is 14.3 Å². The Morgan fingerprint density at radius 1 is 1.35 bits per heavy atom. The van der Waals surface area contributed by atoms with Crippen LogP contribution in [0.3, 0.4) is 0 Å². The number of carbonyl (C=O) groups is 2. The molecule has 0 spiro atoms. The van der Waals surface area contributed by atoms with Crippen LogP contribution < -0.4 is 5.32 Å². The normalized spacial score (nSPS) is 11.7. The first-order chi connectivity index (χ1) is 11.1. The van der Waals surface area contributed by atoms with Gasteiger partial charge in [0.25, 0.3) is 0 Å². The molecule has 2 aromatic rings. The van der Waals surface area contributed by atoms with Gasteiger partial charge in [0, 0.05) is 4.88 Å². The summed E-state index contributed by atoms with van der Waals surface area (Å²) in [4.78, 5) is 24.3. The number of amides is 1. The molecule has 1 heterocycles. The lowest BCUT2D eigenvalue weighted by molar-refractivity contribution is 0.112. The molecule has 1 aromatic heterocycles. The summed E-state index contributed by atoms with van der Waals surface area (Å²) in [5.74, 6) is 0. The number of hydrogen-bond donors (Lipinski definition) is 1. The second-order valence-electron chi connectivity index (χ2n) is 5.30. The summed E-state index contributed by atoms with van der Waals surface area (Å²) in [5.41, 5.74) is 2.03. The van der Waals surface area contributed by atoms with E-state index in [2.05, 4.69) is 12.2 Å². The molecule has 1 atom stereocenters. The second kappa shape index (κ2) is 8.48. The number of aldehydes is 1. The predicted octanol–water partition coefficient (Wildman–Crippen LogP) is 4.81. The number of hydrogen-bond acceptors (Lipinski definition) is 4. The molecule has 0 fully saturated rings. The van der Waals surface area contributed by atoms with Crippen LogP contribution in [0.1, 0.15) is 48.0 Å². The van der Waals surface area contributed by atoms with Gasteiger partial charge >= 0.3 is 6.09 Å². The molecule has 1 amide bonds. The topological polar surface area (TPSA) is 55.4 Å². The number of ether oxygens (including phenoxy) is 1. The van der Waals surface area contributed by atoms with E-state index in [1.807, 2.05) is 43.3 Å². The van der Waals surface area contributed by atoms with Gasteiger partial charge in [-0.3, -0.25) is 4.79 Å². The minimum atomic E-state index is -0.393. The van der Waals surface area contributed by atoms with Crippen molar-refractivity contribution in [2.24, 2.45) is 0 Å². The molecule has 1 aromatic carbocycles. The van der Waals surface area contributed by atoms with E-state index in [9.17, 15) is 9.59 Å². The van der Waals surface area contributed by atoms with Crippen LogP contribution in [0, 0.1) is 0 Å². The largest absolute Gasteiger partial charge is 0.450 e. The molecule has 1 unspecified atom stereocenters. The van der Waals surface area contributed by atoms with E-state index < -0.39 is 6.09 Å². The number of alkyl carbamates (subject to hydrolysis) is 1. The first-order valence-corrected chi connectivity index (χ1v) is 8.54. The zero-order valence-electron chi connectivity index (χ0n) is 13.4. The number of thiophene rings is 1. The van der Waals surface area contributed by atoms with Crippen LogP contribution in [0.5, 0.6) is 0 Å². The Morgan fingerprint density at radius 3 is 2.87 bits per heavy atom. The third-order valence-corrected chi connectivity index (χ3v) is 4.54. The monoisotopic (exact) mass is 331 g/mol. The van der Waals surface area contributed by atoms with E-state index in [0.29, 0.717) is 11.5 Å². The van der Waals surface area contributed by atoms with Crippen LogP contribution >= 0.6 is 11.3 Å². The van der Waals surface area contributed by atoms with Crippen LogP contribution in [0.25, 0.3) is 10.4 Å². The third kappa shape index (κ3) is 4.93. The van der Waals surface area contributed by atoms with Crippen molar-refractivity contribution in [3.63, 3.8) is 0 Å². The van der Waals surface area contributed by atoms with E-state index in [1.165, 1.54) is 11.3 Å². The fourth-order valence-electron chi connectivity index (χ4n) is 2.14. The van der Waals surface area contributed by atoms with Crippen molar-refractivity contribution in [3.05, 3.63) is 46.8 Å². The number of benzene rings is 1. The Bertz CT molecular complexity index is 666. The third-order valence-electron chi connectivity index (χ3n) is 3.48. The molecule has 0 aliphatic carbocycles. The maximum Gasteiger partial charge on any atom is 0.407 e. The maximum atomic E-state index is 11.7. The number of rotatable bonds is 7. The molecule has 2 rings (SSSR count). The van der Waals surface area contributed by atoms with Crippen molar-refractivity contribution in [2.75, 3.05) is 6.61 Å². The summed E-state index contributed by atoms with van der Waals surface area (Å²) in [7, 11) is 0. The smallest absolute Gasteiger partial charge is 0.407 e. The molecule has 1 N–H and O–H groups in total. The van der Waals surface area contributed by atoms with Gasteiger partial charge in [-0.25, -0.2) is 4.79 Å². The summed E-state index contributed by atoms with van der Waals surface area (Å²) >= 11 is 1.45. The van der Waals surface area contributed by atoms with Crippen LogP contribution in [0.15, 0.2) is 36.4 Å². The van der Waals surface area contributed by atoms with Gasteiger partial charge < -0.3 is 10.1 Å². The van der Waals surface area contributed by atoms with E-state index in [0.717, 1.165) is 35.1 Å². The van der Waals surface area contributed by atoms with Crippen molar-refractivity contribution in [1.29, 1.82) is 0 Å². The first kappa shape index (κ1) is 17.2. The lowest BCUT2D eigenvalue weighted by Gasteiger charge is -2.15. The lowest BCUT2D eigenvalue weighted by atomic mass is 10.0. The molecule has 122 valence electrons. The SMILES string of the molecule is CCCCOC(=O)NC(C)c1cccc(-c2ccc(C=O)s2)c1. The van der Waals surface area contributed by atoms with E-state index in [1.54, 1.807) is 0 Å². The van der Waals surface area contributed by atoms with Gasteiger partial charge in [-0.05, 0) is 42.7 Å². The maximum absolute atomic E-state index is 11.7. The fourth-order valence-corrected chi connectivity index (χ4v) is 2.96. The predicted molar refractivity (Wildman–Crippen MR) is 92.9 cm³/mol. The second-order valence-corrected chi connectivity index (χ2v) is 6.42. The highest BCUT2D eigenvalue weighted by molar-refractivity contribution is 7.17. The Kier molecular flexibility index (Phi) is 6.35. The zero-order chi connectivity index (χ0) is 16.7. The number of nitrogens with one attached hydrogen (secondary N) is 1. The Labute approximate surface area is 140 Å². The van der Waals surface area contributed by atoms with Crippen molar-refractivity contribution >= 4 is 23.7 Å². The number of carbonyl (C=O) groups excluding carboxylic acids is 2. The minimum absolute atomic E-state index is 0.144. The van der Waals surface area contributed by atoms with Gasteiger partial charge in [-0.2, -0.15) is 0 Å². The van der Waals surface area contributed by atoms with Crippen LogP contribution in [-0.4, -0.2) is 19.0 Å². The van der Waals surface area contributed by atoms with Crippen LogP contribution in [0.2, 0.25) is 0 Å². The molecule has 0 saturated heterocycles. The average Bonchev–Trinajstić information content (AvgIpc) is 3.04. The Hall–Kier alpha value is -2.14. The summed E-state index contributed by atoms with van der Waals surface area (Å²) in [6.45, 7) is 4.42. The lowest BCUT2D eigenvalue weighted by Crippen LogP contribution is -2.27. The molecule has 5 heteroatoms. The summed E-state index contributed by atoms with van der Waals surface area (Å²) in [5, 5.41) is 2.84.